The lowest BCUT2D eigenvalue weighted by molar-refractivity contribution is 1.14. The van der Waals surface area contributed by atoms with Crippen molar-refractivity contribution in [2.75, 3.05) is 0 Å². The van der Waals surface area contributed by atoms with E-state index in [1.807, 2.05) is 0 Å². The molecule has 0 aliphatic rings. The van der Waals surface area contributed by atoms with Crippen molar-refractivity contribution in [2.24, 2.45) is 0 Å². The molecule has 49 heavy (non-hydrogen) atoms. The number of rotatable bonds is 3. The van der Waals surface area contributed by atoms with Gasteiger partial charge in [0.05, 0.1) is 11.2 Å². The molecule has 0 spiro atoms. The molecule has 0 aliphatic heterocycles. The maximum absolute atomic E-state index is 2.53. The molecule has 1 heterocycles. The van der Waals surface area contributed by atoms with Gasteiger partial charge in [-0.25, -0.2) is 0 Å². The fraction of sp³-hybridized carbons (Fsp3) is 0. The molecule has 1 aromatic heterocycles. The molecule has 0 saturated heterocycles. The van der Waals surface area contributed by atoms with Gasteiger partial charge < -0.3 is 4.57 Å². The van der Waals surface area contributed by atoms with Crippen molar-refractivity contribution in [3.63, 3.8) is 0 Å². The molecule has 10 aromatic carbocycles. The minimum atomic E-state index is 1.16. The summed E-state index contributed by atoms with van der Waals surface area (Å²) in [6.45, 7) is 0. The van der Waals surface area contributed by atoms with Gasteiger partial charge in [0, 0.05) is 22.0 Å². The van der Waals surface area contributed by atoms with E-state index in [0.29, 0.717) is 0 Å². The Morgan fingerprint density at radius 1 is 0.306 bits per heavy atom. The zero-order chi connectivity index (χ0) is 32.1. The third-order valence-corrected chi connectivity index (χ3v) is 10.7. The van der Waals surface area contributed by atoms with Crippen LogP contribution in [0.4, 0.5) is 0 Å². The summed E-state index contributed by atoms with van der Waals surface area (Å²) in [6, 6.07) is 65.0. The van der Waals surface area contributed by atoms with E-state index in [9.17, 15) is 0 Å². The van der Waals surface area contributed by atoms with E-state index in [0.717, 1.165) is 5.69 Å². The van der Waals surface area contributed by atoms with Gasteiger partial charge in [-0.1, -0.05) is 158 Å². The number of benzene rings is 10. The number of nitrogens with zero attached hydrogens (tertiary/aromatic N) is 1. The third-order valence-electron chi connectivity index (χ3n) is 10.7. The van der Waals surface area contributed by atoms with Crippen molar-refractivity contribution >= 4 is 75.5 Å². The lowest BCUT2D eigenvalue weighted by Gasteiger charge is -2.20. The summed E-state index contributed by atoms with van der Waals surface area (Å²) in [6.07, 6.45) is 0. The van der Waals surface area contributed by atoms with Gasteiger partial charge >= 0.3 is 0 Å². The maximum atomic E-state index is 2.53. The molecule has 1 nitrogen and oxygen atoms in total. The van der Waals surface area contributed by atoms with E-state index in [1.54, 1.807) is 0 Å². The molecule has 0 aliphatic carbocycles. The molecule has 1 heteroatoms. The molecule has 0 radical (unpaired) electrons. The third kappa shape index (κ3) is 3.65. The van der Waals surface area contributed by atoms with Gasteiger partial charge in [0.25, 0.3) is 0 Å². The first kappa shape index (κ1) is 26.6. The molecule has 226 valence electrons. The standard InChI is InChI=1S/C48H29N/c1-2-17-33(18-3-1)49-43(29-42-40-25-11-15-31-27-28-32-16-12-26-41(48(42)49)45(32)44(31)40)47-38-22-8-6-20-36(38)46(37-21-7-9-23-39(37)47)35-24-10-14-30-13-4-5-19-34(30)35/h1-29H. The second-order valence-electron chi connectivity index (χ2n) is 13.2. The Morgan fingerprint density at radius 3 is 1.49 bits per heavy atom. The smallest absolute Gasteiger partial charge is 0.0620 e. The summed E-state index contributed by atoms with van der Waals surface area (Å²) in [4.78, 5) is 0. The van der Waals surface area contributed by atoms with E-state index >= 15 is 0 Å². The van der Waals surface area contributed by atoms with E-state index in [2.05, 4.69) is 180 Å². The second kappa shape index (κ2) is 10.0. The molecule has 0 unspecified atom stereocenters. The van der Waals surface area contributed by atoms with Crippen molar-refractivity contribution in [2.45, 2.75) is 0 Å². The van der Waals surface area contributed by atoms with Gasteiger partial charge in [-0.15, -0.1) is 0 Å². The van der Waals surface area contributed by atoms with Crippen molar-refractivity contribution in [3.05, 3.63) is 176 Å². The summed E-state index contributed by atoms with van der Waals surface area (Å²) < 4.78 is 2.53. The van der Waals surface area contributed by atoms with Gasteiger partial charge in [0.1, 0.15) is 0 Å². The molecule has 11 aromatic rings. The van der Waals surface area contributed by atoms with Crippen molar-refractivity contribution < 1.29 is 0 Å². The largest absolute Gasteiger partial charge is 0.309 e. The topological polar surface area (TPSA) is 4.93 Å². The highest BCUT2D eigenvalue weighted by atomic mass is 15.0. The minimum Gasteiger partial charge on any atom is -0.309 e. The lowest BCUT2D eigenvalue weighted by atomic mass is 9.85. The number of fused-ring (bicyclic) bond motifs is 6. The molecule has 0 amide bonds. The molecular formula is C48H29N. The van der Waals surface area contributed by atoms with Crippen LogP contribution in [0.1, 0.15) is 0 Å². The summed E-state index contributed by atoms with van der Waals surface area (Å²) in [5, 5.41) is 16.7. The highest BCUT2D eigenvalue weighted by molar-refractivity contribution is 6.34. The second-order valence-corrected chi connectivity index (χ2v) is 13.2. The van der Waals surface area contributed by atoms with Crippen LogP contribution in [0.3, 0.4) is 0 Å². The van der Waals surface area contributed by atoms with E-state index in [1.165, 1.54) is 97.9 Å². The highest BCUT2D eigenvalue weighted by Crippen LogP contribution is 2.49. The first-order chi connectivity index (χ1) is 24.3. The van der Waals surface area contributed by atoms with Gasteiger partial charge in [0.2, 0.25) is 0 Å². The van der Waals surface area contributed by atoms with E-state index < -0.39 is 0 Å². The molecule has 0 fully saturated rings. The Kier molecular flexibility index (Phi) is 5.45. The predicted octanol–water partition coefficient (Wildman–Crippen LogP) is 13.3. The van der Waals surface area contributed by atoms with Crippen LogP contribution in [0.5, 0.6) is 0 Å². The first-order valence-electron chi connectivity index (χ1n) is 17.0. The number of hydrogen-bond donors (Lipinski definition) is 0. The zero-order valence-corrected chi connectivity index (χ0v) is 26.7. The Hall–Kier alpha value is -6.44. The Labute approximate surface area is 283 Å². The average molecular weight is 620 g/mol. The number of para-hydroxylation sites is 1. The number of aromatic nitrogens is 1. The van der Waals surface area contributed by atoms with E-state index in [-0.39, 0.29) is 0 Å². The molecule has 11 rings (SSSR count). The monoisotopic (exact) mass is 619 g/mol. The fourth-order valence-corrected chi connectivity index (χ4v) is 8.73. The minimum absolute atomic E-state index is 1.16. The van der Waals surface area contributed by atoms with Gasteiger partial charge in [-0.3, -0.25) is 0 Å². The number of hydrogen-bond acceptors (Lipinski definition) is 0. The van der Waals surface area contributed by atoms with Crippen LogP contribution in [-0.4, -0.2) is 4.57 Å². The summed E-state index contributed by atoms with van der Waals surface area (Å²) >= 11 is 0. The Balaban J connectivity index is 1.37. The average Bonchev–Trinajstić information content (AvgIpc) is 3.57. The Morgan fingerprint density at radius 2 is 0.796 bits per heavy atom. The molecular weight excluding hydrogens is 591 g/mol. The first-order valence-corrected chi connectivity index (χ1v) is 17.0. The van der Waals surface area contributed by atoms with Crippen molar-refractivity contribution in [3.8, 4) is 28.1 Å². The molecule has 0 bridgehead atoms. The van der Waals surface area contributed by atoms with Crippen LogP contribution in [0.15, 0.2) is 176 Å². The van der Waals surface area contributed by atoms with Crippen LogP contribution in [-0.2, 0) is 0 Å². The summed E-state index contributed by atoms with van der Waals surface area (Å²) in [7, 11) is 0. The fourth-order valence-electron chi connectivity index (χ4n) is 8.73. The lowest BCUT2D eigenvalue weighted by Crippen LogP contribution is -1.99. The predicted molar refractivity (Wildman–Crippen MR) is 210 cm³/mol. The zero-order valence-electron chi connectivity index (χ0n) is 26.7. The van der Waals surface area contributed by atoms with Gasteiger partial charge in [-0.05, 0) is 88.6 Å². The van der Waals surface area contributed by atoms with Crippen LogP contribution in [0.2, 0.25) is 0 Å². The maximum Gasteiger partial charge on any atom is 0.0620 e. The quantitative estimate of drug-likeness (QED) is 0.137. The van der Waals surface area contributed by atoms with Crippen molar-refractivity contribution in [1.82, 2.24) is 4.57 Å². The summed E-state index contributed by atoms with van der Waals surface area (Å²) in [5.74, 6) is 0. The summed E-state index contributed by atoms with van der Waals surface area (Å²) in [5.41, 5.74) is 7.43. The van der Waals surface area contributed by atoms with Crippen LogP contribution in [0.25, 0.3) is 104 Å². The molecule has 0 atom stereocenters. The van der Waals surface area contributed by atoms with Gasteiger partial charge in [0.15, 0.2) is 0 Å². The SMILES string of the molecule is c1ccc(-n2c(-c3c4ccccc4c(-c4cccc5ccccc45)c4ccccc34)cc3c4cccc5ccc6cccc(c6c54)c32)cc1. The normalized spacial score (nSPS) is 12.1. The molecule has 0 saturated carbocycles. The van der Waals surface area contributed by atoms with Gasteiger partial charge in [-0.2, -0.15) is 0 Å². The van der Waals surface area contributed by atoms with Crippen LogP contribution >= 0.6 is 0 Å². The molecule has 0 N–H and O–H groups in total. The Bertz CT molecular complexity index is 3030. The van der Waals surface area contributed by atoms with Crippen LogP contribution < -0.4 is 0 Å². The highest BCUT2D eigenvalue weighted by Gasteiger charge is 2.24. The van der Waals surface area contributed by atoms with E-state index in [4.69, 9.17) is 0 Å². The van der Waals surface area contributed by atoms with Crippen LogP contribution in [0, 0.1) is 0 Å². The van der Waals surface area contributed by atoms with Crippen molar-refractivity contribution in [1.29, 1.82) is 0 Å².